The highest BCUT2D eigenvalue weighted by Gasteiger charge is 2.39. The third kappa shape index (κ3) is 3.55. The van der Waals surface area contributed by atoms with Gasteiger partial charge < -0.3 is 4.74 Å². The van der Waals surface area contributed by atoms with Crippen LogP contribution in [0, 0.1) is 17.2 Å². The van der Waals surface area contributed by atoms with Crippen molar-refractivity contribution in [1.82, 2.24) is 14.1 Å². The first-order valence-corrected chi connectivity index (χ1v) is 11.5. The molecule has 2 atom stereocenters. The van der Waals surface area contributed by atoms with E-state index in [0.717, 1.165) is 16.6 Å². The maximum absolute atomic E-state index is 13.2. The predicted molar refractivity (Wildman–Crippen MR) is 114 cm³/mol. The molecule has 7 nitrogen and oxygen atoms in total. The second-order valence-corrected chi connectivity index (χ2v) is 9.45. The molecule has 4 rings (SSSR count). The van der Waals surface area contributed by atoms with Gasteiger partial charge in [0.05, 0.1) is 41.2 Å². The fourth-order valence-electron chi connectivity index (χ4n) is 4.06. The van der Waals surface area contributed by atoms with E-state index in [1.807, 2.05) is 42.8 Å². The van der Waals surface area contributed by atoms with Crippen molar-refractivity contribution in [3.63, 3.8) is 0 Å². The Morgan fingerprint density at radius 2 is 1.90 bits per heavy atom. The van der Waals surface area contributed by atoms with E-state index < -0.39 is 10.0 Å². The number of rotatable bonds is 6. The largest absolute Gasteiger partial charge is 0.494 e. The molecule has 1 aromatic heterocycles. The van der Waals surface area contributed by atoms with Crippen molar-refractivity contribution >= 4 is 20.9 Å². The zero-order valence-electron chi connectivity index (χ0n) is 17.0. The summed E-state index contributed by atoms with van der Waals surface area (Å²) in [6, 6.07) is 16.4. The Labute approximate surface area is 176 Å². The quantitative estimate of drug-likeness (QED) is 0.605. The highest BCUT2D eigenvalue weighted by atomic mass is 32.2. The lowest BCUT2D eigenvalue weighted by Crippen LogP contribution is -2.29. The minimum Gasteiger partial charge on any atom is -0.494 e. The minimum absolute atomic E-state index is 0.0840. The summed E-state index contributed by atoms with van der Waals surface area (Å²) >= 11 is 0. The van der Waals surface area contributed by atoms with Crippen molar-refractivity contribution in [2.75, 3.05) is 19.7 Å². The third-order valence-corrected chi connectivity index (χ3v) is 7.41. The normalized spacial score (nSPS) is 19.8. The van der Waals surface area contributed by atoms with Gasteiger partial charge in [-0.25, -0.2) is 8.42 Å². The van der Waals surface area contributed by atoms with Gasteiger partial charge in [-0.05, 0) is 43.2 Å². The molecule has 1 aliphatic rings. The van der Waals surface area contributed by atoms with E-state index in [0.29, 0.717) is 25.4 Å². The van der Waals surface area contributed by atoms with Gasteiger partial charge in [-0.2, -0.15) is 14.7 Å². The van der Waals surface area contributed by atoms with Crippen molar-refractivity contribution < 1.29 is 13.2 Å². The second kappa shape index (κ2) is 8.09. The Morgan fingerprint density at radius 1 is 1.17 bits per heavy atom. The highest BCUT2D eigenvalue weighted by Crippen LogP contribution is 2.34. The van der Waals surface area contributed by atoms with Crippen LogP contribution in [0.25, 0.3) is 10.9 Å². The van der Waals surface area contributed by atoms with Gasteiger partial charge in [0.1, 0.15) is 5.75 Å². The van der Waals surface area contributed by atoms with Gasteiger partial charge >= 0.3 is 0 Å². The molecule has 8 heteroatoms. The van der Waals surface area contributed by atoms with E-state index >= 15 is 0 Å². The molecule has 0 radical (unpaired) electrons. The maximum Gasteiger partial charge on any atom is 0.243 e. The minimum atomic E-state index is -3.62. The number of nitriles is 1. The molecule has 0 unspecified atom stereocenters. The van der Waals surface area contributed by atoms with Crippen LogP contribution in [-0.4, -0.2) is 42.2 Å². The Morgan fingerprint density at radius 3 is 2.60 bits per heavy atom. The molecule has 0 spiro atoms. The maximum atomic E-state index is 13.2. The van der Waals surface area contributed by atoms with Crippen LogP contribution in [0.4, 0.5) is 0 Å². The number of aromatic nitrogens is 2. The molecule has 30 heavy (non-hydrogen) atoms. The molecular formula is C22H24N4O3S. The lowest BCUT2D eigenvalue weighted by Gasteiger charge is -2.18. The third-order valence-electron chi connectivity index (χ3n) is 5.56. The molecule has 1 aliphatic heterocycles. The summed E-state index contributed by atoms with van der Waals surface area (Å²) in [5.74, 6) is 0.734. The molecule has 0 saturated carbocycles. The lowest BCUT2D eigenvalue weighted by atomic mass is 10.1. The Kier molecular flexibility index (Phi) is 5.50. The summed E-state index contributed by atoms with van der Waals surface area (Å²) in [6.45, 7) is 5.22. The Hall–Kier alpha value is -2.89. The van der Waals surface area contributed by atoms with Gasteiger partial charge in [-0.1, -0.05) is 25.1 Å². The highest BCUT2D eigenvalue weighted by molar-refractivity contribution is 7.89. The van der Waals surface area contributed by atoms with Gasteiger partial charge in [-0.3, -0.25) is 4.68 Å². The van der Waals surface area contributed by atoms with E-state index in [2.05, 4.69) is 11.2 Å². The molecule has 0 N–H and O–H groups in total. The van der Waals surface area contributed by atoms with Gasteiger partial charge in [0.25, 0.3) is 0 Å². The Bertz CT molecular complexity index is 1200. The SMILES string of the molecule is CCOc1ccc(S(=O)(=O)N2C[C@@H](C)[C@@H](n3nc(CC#N)c4ccccc43)C2)cc1. The van der Waals surface area contributed by atoms with Gasteiger partial charge in [0, 0.05) is 18.5 Å². The van der Waals surface area contributed by atoms with Crippen LogP contribution in [0.3, 0.4) is 0 Å². The van der Waals surface area contributed by atoms with Crippen LogP contribution in [0.5, 0.6) is 5.75 Å². The van der Waals surface area contributed by atoms with Gasteiger partial charge in [-0.15, -0.1) is 0 Å². The first kappa shape index (κ1) is 20.4. The fourth-order valence-corrected chi connectivity index (χ4v) is 5.62. The van der Waals surface area contributed by atoms with E-state index in [1.54, 1.807) is 24.3 Å². The molecule has 1 fully saturated rings. The first-order valence-electron chi connectivity index (χ1n) is 10.0. The van der Waals surface area contributed by atoms with Crippen LogP contribution in [-0.2, 0) is 16.4 Å². The summed E-state index contributed by atoms with van der Waals surface area (Å²) < 4.78 is 35.3. The second-order valence-electron chi connectivity index (χ2n) is 7.51. The molecule has 1 saturated heterocycles. The van der Waals surface area contributed by atoms with Crippen molar-refractivity contribution in [2.45, 2.75) is 31.2 Å². The number of hydrogen-bond donors (Lipinski definition) is 0. The summed E-state index contributed by atoms with van der Waals surface area (Å²) in [6.07, 6.45) is 0.225. The number of fused-ring (bicyclic) bond motifs is 1. The number of nitrogens with zero attached hydrogens (tertiary/aromatic N) is 4. The topological polar surface area (TPSA) is 88.2 Å². The zero-order valence-corrected chi connectivity index (χ0v) is 17.8. The number of hydrogen-bond acceptors (Lipinski definition) is 5. The number of para-hydroxylation sites is 1. The first-order chi connectivity index (χ1) is 14.5. The van der Waals surface area contributed by atoms with Crippen LogP contribution in [0.15, 0.2) is 53.4 Å². The van der Waals surface area contributed by atoms with Crippen molar-refractivity contribution in [2.24, 2.45) is 5.92 Å². The molecule has 3 aromatic rings. The fraction of sp³-hybridized carbons (Fsp3) is 0.364. The van der Waals surface area contributed by atoms with Crippen molar-refractivity contribution in [1.29, 1.82) is 5.26 Å². The van der Waals surface area contributed by atoms with Gasteiger partial charge in [0.2, 0.25) is 10.0 Å². The van der Waals surface area contributed by atoms with E-state index in [1.165, 1.54) is 4.31 Å². The predicted octanol–water partition coefficient (Wildman–Crippen LogP) is 3.38. The smallest absolute Gasteiger partial charge is 0.243 e. The van der Waals surface area contributed by atoms with Gasteiger partial charge in [0.15, 0.2) is 0 Å². The Balaban J connectivity index is 1.64. The summed E-state index contributed by atoms with van der Waals surface area (Å²) in [5, 5.41) is 14.8. The number of sulfonamides is 1. The molecule has 0 bridgehead atoms. The standard InChI is InChI=1S/C22H24N4O3S/c1-3-29-17-8-10-18(11-9-17)30(27,28)25-14-16(2)22(15-25)26-21-7-5-4-6-19(21)20(24-26)12-13-23/h4-11,16,22H,3,12,14-15H2,1-2H3/t16-,22+/m1/s1. The molecular weight excluding hydrogens is 400 g/mol. The monoisotopic (exact) mass is 424 g/mol. The number of ether oxygens (including phenoxy) is 1. The molecule has 2 heterocycles. The van der Waals surface area contributed by atoms with Crippen molar-refractivity contribution in [3.05, 3.63) is 54.2 Å². The summed E-state index contributed by atoms with van der Waals surface area (Å²) in [4.78, 5) is 0.259. The average molecular weight is 425 g/mol. The number of benzene rings is 2. The van der Waals surface area contributed by atoms with Crippen LogP contribution < -0.4 is 4.74 Å². The average Bonchev–Trinajstić information content (AvgIpc) is 3.30. The molecule has 0 aliphatic carbocycles. The van der Waals surface area contributed by atoms with E-state index in [9.17, 15) is 8.42 Å². The van der Waals surface area contributed by atoms with Crippen molar-refractivity contribution in [3.8, 4) is 11.8 Å². The molecule has 156 valence electrons. The van der Waals surface area contributed by atoms with Crippen LogP contribution in [0.1, 0.15) is 25.6 Å². The summed E-state index contributed by atoms with van der Waals surface area (Å²) in [5.41, 5.74) is 1.66. The summed E-state index contributed by atoms with van der Waals surface area (Å²) in [7, 11) is -3.62. The lowest BCUT2D eigenvalue weighted by molar-refractivity contribution is 0.340. The van der Waals surface area contributed by atoms with E-state index in [4.69, 9.17) is 10.00 Å². The van der Waals surface area contributed by atoms with E-state index in [-0.39, 0.29) is 23.3 Å². The van der Waals surface area contributed by atoms with Crippen LogP contribution >= 0.6 is 0 Å². The van der Waals surface area contributed by atoms with Crippen LogP contribution in [0.2, 0.25) is 0 Å². The zero-order chi connectivity index (χ0) is 21.3. The molecule has 0 amide bonds. The molecule has 2 aromatic carbocycles.